The Labute approximate surface area is 146 Å². The molecule has 0 spiro atoms. The van der Waals surface area contributed by atoms with Crippen LogP contribution in [0.3, 0.4) is 0 Å². The normalized spacial score (nSPS) is 18.0. The Morgan fingerprint density at radius 1 is 1.17 bits per heavy atom. The summed E-state index contributed by atoms with van der Waals surface area (Å²) in [6, 6.07) is 11.7. The number of benzene rings is 2. The highest BCUT2D eigenvalue weighted by molar-refractivity contribution is 7.99. The summed E-state index contributed by atoms with van der Waals surface area (Å²) >= 11 is 7.37. The lowest BCUT2D eigenvalue weighted by Gasteiger charge is -2.25. The first-order chi connectivity index (χ1) is 11.4. The number of alkyl halides is 3. The van der Waals surface area contributed by atoms with E-state index in [1.54, 1.807) is 35.2 Å². The van der Waals surface area contributed by atoms with E-state index in [0.29, 0.717) is 28.4 Å². The molecule has 0 aliphatic carbocycles. The Hall–Kier alpha value is -1.66. The zero-order chi connectivity index (χ0) is 17.3. The summed E-state index contributed by atoms with van der Waals surface area (Å²) in [6.45, 7) is 0.483. The molecule has 1 fully saturated rings. The monoisotopic (exact) mass is 371 g/mol. The first kappa shape index (κ1) is 17.2. The van der Waals surface area contributed by atoms with Gasteiger partial charge in [-0.15, -0.1) is 11.8 Å². The molecule has 0 N–H and O–H groups in total. The van der Waals surface area contributed by atoms with E-state index in [2.05, 4.69) is 0 Å². The summed E-state index contributed by atoms with van der Waals surface area (Å²) < 4.78 is 38.8. The number of amides is 1. The number of nitrogens with zero attached hydrogens (tertiary/aromatic N) is 1. The van der Waals surface area contributed by atoms with Crippen molar-refractivity contribution in [2.45, 2.75) is 11.6 Å². The van der Waals surface area contributed by atoms with Crippen molar-refractivity contribution in [3.63, 3.8) is 0 Å². The Bertz CT molecular complexity index is 765. The van der Waals surface area contributed by atoms with Crippen molar-refractivity contribution >= 4 is 29.3 Å². The van der Waals surface area contributed by atoms with Crippen molar-refractivity contribution in [1.82, 2.24) is 4.90 Å². The van der Waals surface area contributed by atoms with Gasteiger partial charge in [-0.05, 0) is 35.9 Å². The average molecular weight is 372 g/mol. The minimum absolute atomic E-state index is 0.232. The minimum Gasteiger partial charge on any atom is -0.322 e. The number of halogens is 4. The second-order valence-corrected chi connectivity index (χ2v) is 6.98. The van der Waals surface area contributed by atoms with E-state index in [9.17, 15) is 18.0 Å². The van der Waals surface area contributed by atoms with Crippen LogP contribution in [0.25, 0.3) is 0 Å². The standard InChI is InChI=1S/C17H13ClF3NOS/c18-14-6-2-3-11(10-14)15(23)22-7-8-24-16(22)12-4-1-5-13(9-12)17(19,20)21/h1-6,9-10,16H,7-8H2. The van der Waals surface area contributed by atoms with Crippen molar-refractivity contribution in [2.24, 2.45) is 0 Å². The number of hydrogen-bond donors (Lipinski definition) is 0. The summed E-state index contributed by atoms with van der Waals surface area (Å²) in [5, 5.41) is 0.0158. The van der Waals surface area contributed by atoms with Gasteiger partial charge in [0.25, 0.3) is 5.91 Å². The summed E-state index contributed by atoms with van der Waals surface area (Å²) in [7, 11) is 0. The van der Waals surface area contributed by atoms with Gasteiger partial charge in [-0.1, -0.05) is 29.8 Å². The van der Waals surface area contributed by atoms with Crippen LogP contribution < -0.4 is 0 Å². The van der Waals surface area contributed by atoms with E-state index in [1.165, 1.54) is 17.8 Å². The molecule has 1 aliphatic rings. The molecule has 2 aromatic rings. The van der Waals surface area contributed by atoms with Crippen LogP contribution in [-0.4, -0.2) is 23.1 Å². The van der Waals surface area contributed by atoms with Gasteiger partial charge in [0.2, 0.25) is 0 Å². The maximum atomic E-state index is 12.9. The smallest absolute Gasteiger partial charge is 0.322 e. The molecule has 1 amide bonds. The lowest BCUT2D eigenvalue weighted by Crippen LogP contribution is -2.30. The molecule has 0 saturated carbocycles. The fraction of sp³-hybridized carbons (Fsp3) is 0.235. The summed E-state index contributed by atoms with van der Waals surface area (Å²) in [5.74, 6) is 0.442. The second kappa shape index (κ2) is 6.69. The third-order valence-corrected chi connectivity index (χ3v) is 5.22. The first-order valence-corrected chi connectivity index (χ1v) is 8.64. The van der Waals surface area contributed by atoms with E-state index in [4.69, 9.17) is 11.6 Å². The molecule has 1 saturated heterocycles. The molecular weight excluding hydrogens is 359 g/mol. The lowest BCUT2D eigenvalue weighted by molar-refractivity contribution is -0.137. The molecule has 1 heterocycles. The van der Waals surface area contributed by atoms with Gasteiger partial charge in [0.15, 0.2) is 0 Å². The molecule has 2 aromatic carbocycles. The number of rotatable bonds is 2. The zero-order valence-electron chi connectivity index (χ0n) is 12.4. The van der Waals surface area contributed by atoms with Crippen LogP contribution in [-0.2, 0) is 6.18 Å². The van der Waals surface area contributed by atoms with Gasteiger partial charge in [0, 0.05) is 22.9 Å². The summed E-state index contributed by atoms with van der Waals surface area (Å²) in [6.07, 6.45) is -4.40. The van der Waals surface area contributed by atoms with E-state index < -0.39 is 17.1 Å². The van der Waals surface area contributed by atoms with Crippen molar-refractivity contribution in [2.75, 3.05) is 12.3 Å². The molecule has 1 unspecified atom stereocenters. The second-order valence-electron chi connectivity index (χ2n) is 5.36. The van der Waals surface area contributed by atoms with Gasteiger partial charge in [-0.3, -0.25) is 4.79 Å². The molecule has 0 radical (unpaired) electrons. The molecule has 7 heteroatoms. The number of hydrogen-bond acceptors (Lipinski definition) is 2. The fourth-order valence-electron chi connectivity index (χ4n) is 2.61. The van der Waals surface area contributed by atoms with Crippen LogP contribution in [0.4, 0.5) is 13.2 Å². The Morgan fingerprint density at radius 2 is 1.92 bits per heavy atom. The molecule has 1 aliphatic heterocycles. The van der Waals surface area contributed by atoms with Crippen LogP contribution >= 0.6 is 23.4 Å². The molecule has 126 valence electrons. The largest absolute Gasteiger partial charge is 0.416 e. The molecule has 1 atom stereocenters. The Morgan fingerprint density at radius 3 is 2.62 bits per heavy atom. The predicted octanol–water partition coefficient (Wildman–Crippen LogP) is 5.25. The van der Waals surface area contributed by atoms with Crippen LogP contribution in [0, 0.1) is 0 Å². The Balaban J connectivity index is 1.90. The van der Waals surface area contributed by atoms with Gasteiger partial charge >= 0.3 is 6.18 Å². The minimum atomic E-state index is -4.40. The highest BCUT2D eigenvalue weighted by atomic mass is 35.5. The number of thioether (sulfide) groups is 1. The van der Waals surface area contributed by atoms with Crippen molar-refractivity contribution in [1.29, 1.82) is 0 Å². The Kier molecular flexibility index (Phi) is 4.78. The third kappa shape index (κ3) is 3.54. The number of carbonyl (C=O) groups excluding carboxylic acids is 1. The molecule has 0 aromatic heterocycles. The lowest BCUT2D eigenvalue weighted by atomic mass is 10.1. The zero-order valence-corrected chi connectivity index (χ0v) is 14.0. The van der Waals surface area contributed by atoms with E-state index in [1.807, 2.05) is 0 Å². The van der Waals surface area contributed by atoms with E-state index >= 15 is 0 Å². The average Bonchev–Trinajstić information content (AvgIpc) is 3.03. The van der Waals surface area contributed by atoms with Crippen LogP contribution in [0.5, 0.6) is 0 Å². The van der Waals surface area contributed by atoms with E-state index in [-0.39, 0.29) is 5.91 Å². The number of carbonyl (C=O) groups is 1. The third-order valence-electron chi connectivity index (χ3n) is 3.72. The topological polar surface area (TPSA) is 20.3 Å². The van der Waals surface area contributed by atoms with Crippen molar-refractivity contribution in [3.8, 4) is 0 Å². The van der Waals surface area contributed by atoms with Gasteiger partial charge in [0.1, 0.15) is 5.37 Å². The fourth-order valence-corrected chi connectivity index (χ4v) is 4.05. The highest BCUT2D eigenvalue weighted by Gasteiger charge is 2.34. The van der Waals surface area contributed by atoms with Gasteiger partial charge in [0.05, 0.1) is 5.56 Å². The predicted molar refractivity (Wildman–Crippen MR) is 89.1 cm³/mol. The summed E-state index contributed by atoms with van der Waals surface area (Å²) in [5.41, 5.74) is 0.201. The van der Waals surface area contributed by atoms with Crippen LogP contribution in [0.15, 0.2) is 48.5 Å². The maximum absolute atomic E-state index is 12.9. The SMILES string of the molecule is O=C(c1cccc(Cl)c1)N1CCSC1c1cccc(C(F)(F)F)c1. The van der Waals surface area contributed by atoms with Crippen LogP contribution in [0.2, 0.25) is 5.02 Å². The van der Waals surface area contributed by atoms with Crippen molar-refractivity contribution in [3.05, 3.63) is 70.2 Å². The molecule has 2 nitrogen and oxygen atoms in total. The maximum Gasteiger partial charge on any atom is 0.416 e. The summed E-state index contributed by atoms with van der Waals surface area (Å²) in [4.78, 5) is 14.3. The van der Waals surface area contributed by atoms with Crippen LogP contribution in [0.1, 0.15) is 26.9 Å². The van der Waals surface area contributed by atoms with Gasteiger partial charge in [-0.2, -0.15) is 13.2 Å². The molecule has 3 rings (SSSR count). The van der Waals surface area contributed by atoms with Gasteiger partial charge in [-0.25, -0.2) is 0 Å². The van der Waals surface area contributed by atoms with E-state index in [0.717, 1.165) is 12.1 Å². The quantitative estimate of drug-likeness (QED) is 0.719. The van der Waals surface area contributed by atoms with Crippen molar-refractivity contribution < 1.29 is 18.0 Å². The first-order valence-electron chi connectivity index (χ1n) is 7.21. The molecule has 24 heavy (non-hydrogen) atoms. The van der Waals surface area contributed by atoms with Gasteiger partial charge < -0.3 is 4.90 Å². The highest BCUT2D eigenvalue weighted by Crippen LogP contribution is 2.40. The molecule has 0 bridgehead atoms. The molecular formula is C17H13ClF3NOS.